The molecule has 4 heteroatoms. The van der Waals surface area contributed by atoms with Gasteiger partial charge < -0.3 is 4.74 Å². The Hall–Kier alpha value is -1.39. The second kappa shape index (κ2) is 6.52. The molecule has 4 nitrogen and oxygen atoms in total. The summed E-state index contributed by atoms with van der Waals surface area (Å²) >= 11 is 0. The lowest BCUT2D eigenvalue weighted by atomic mass is 10.1. The molecule has 0 bridgehead atoms. The van der Waals surface area contributed by atoms with E-state index in [0.29, 0.717) is 5.56 Å². The van der Waals surface area contributed by atoms with E-state index >= 15 is 0 Å². The molecule has 0 unspecified atom stereocenters. The molecule has 1 N–H and O–H groups in total. The lowest BCUT2D eigenvalue weighted by Gasteiger charge is -2.20. The normalized spacial score (nSPS) is 17.2. The summed E-state index contributed by atoms with van der Waals surface area (Å²) in [6.45, 7) is 3.01. The van der Waals surface area contributed by atoms with Crippen LogP contribution >= 0.6 is 0 Å². The number of benzene rings is 1. The van der Waals surface area contributed by atoms with Crippen molar-refractivity contribution in [2.75, 3.05) is 20.2 Å². The second-order valence-electron chi connectivity index (χ2n) is 4.58. The summed E-state index contributed by atoms with van der Waals surface area (Å²) in [7, 11) is 1.40. The lowest BCUT2D eigenvalue weighted by molar-refractivity contribution is 0.0600. The number of ether oxygens (including phenoxy) is 1. The molecule has 1 heterocycles. The van der Waals surface area contributed by atoms with Crippen LogP contribution in [0.4, 0.5) is 0 Å². The Balaban J connectivity index is 1.94. The number of hydrazine groups is 1. The number of hydrogen-bond acceptors (Lipinski definition) is 4. The summed E-state index contributed by atoms with van der Waals surface area (Å²) in [6, 6.07) is 7.61. The molecule has 0 aromatic heterocycles. The average Bonchev–Trinajstić information content (AvgIpc) is 2.67. The minimum absolute atomic E-state index is 0.283. The maximum absolute atomic E-state index is 11.3. The number of methoxy groups -OCH3 is 1. The first-order chi connectivity index (χ1) is 8.79. The summed E-state index contributed by atoms with van der Waals surface area (Å²) in [5, 5.41) is 2.25. The van der Waals surface area contributed by atoms with Crippen molar-refractivity contribution in [1.29, 1.82) is 0 Å². The van der Waals surface area contributed by atoms with Crippen LogP contribution in [0.1, 0.15) is 35.2 Å². The molecule has 0 amide bonds. The van der Waals surface area contributed by atoms with Crippen LogP contribution in [0.15, 0.2) is 24.3 Å². The number of carbonyl (C=O) groups excluding carboxylic acids is 1. The summed E-state index contributed by atoms with van der Waals surface area (Å²) < 4.78 is 4.68. The third kappa shape index (κ3) is 3.55. The molecule has 18 heavy (non-hydrogen) atoms. The van der Waals surface area contributed by atoms with E-state index in [1.807, 2.05) is 24.3 Å². The number of carbonyl (C=O) groups is 1. The molecule has 1 aliphatic rings. The fourth-order valence-electron chi connectivity index (χ4n) is 2.14. The van der Waals surface area contributed by atoms with Gasteiger partial charge in [-0.25, -0.2) is 9.80 Å². The molecule has 0 atom stereocenters. The van der Waals surface area contributed by atoms with E-state index in [1.165, 1.54) is 31.9 Å². The molecule has 2 rings (SSSR count). The van der Waals surface area contributed by atoms with Crippen molar-refractivity contribution in [3.05, 3.63) is 35.4 Å². The topological polar surface area (TPSA) is 41.6 Å². The first-order valence-electron chi connectivity index (χ1n) is 6.45. The summed E-state index contributed by atoms with van der Waals surface area (Å²) in [4.78, 5) is 11.3. The Labute approximate surface area is 108 Å². The number of hydrogen-bond donors (Lipinski definition) is 1. The zero-order valence-electron chi connectivity index (χ0n) is 10.8. The van der Waals surface area contributed by atoms with Crippen molar-refractivity contribution in [3.8, 4) is 0 Å². The van der Waals surface area contributed by atoms with Crippen molar-refractivity contribution < 1.29 is 9.53 Å². The van der Waals surface area contributed by atoms with Crippen LogP contribution in [0, 0.1) is 0 Å². The fourth-order valence-corrected chi connectivity index (χ4v) is 2.14. The van der Waals surface area contributed by atoms with Gasteiger partial charge >= 0.3 is 5.97 Å². The third-order valence-corrected chi connectivity index (χ3v) is 3.19. The van der Waals surface area contributed by atoms with Gasteiger partial charge in [0, 0.05) is 19.6 Å². The van der Waals surface area contributed by atoms with Gasteiger partial charge in [0.2, 0.25) is 0 Å². The van der Waals surface area contributed by atoms with Crippen LogP contribution in [0.3, 0.4) is 0 Å². The van der Waals surface area contributed by atoms with Gasteiger partial charge in [0.15, 0.2) is 0 Å². The smallest absolute Gasteiger partial charge is 0.337 e. The highest BCUT2D eigenvalue weighted by atomic mass is 16.5. The molecular formula is C14H20N2O2. The monoisotopic (exact) mass is 248 g/mol. The van der Waals surface area contributed by atoms with E-state index in [4.69, 9.17) is 0 Å². The Kier molecular flexibility index (Phi) is 4.73. The van der Waals surface area contributed by atoms with Crippen molar-refractivity contribution in [1.82, 2.24) is 10.4 Å². The van der Waals surface area contributed by atoms with Gasteiger partial charge in [-0.05, 0) is 30.5 Å². The number of esters is 1. The van der Waals surface area contributed by atoms with E-state index in [1.54, 1.807) is 0 Å². The molecule has 1 aliphatic heterocycles. The summed E-state index contributed by atoms with van der Waals surface area (Å²) in [5.41, 5.74) is 5.23. The zero-order valence-corrected chi connectivity index (χ0v) is 10.8. The predicted molar refractivity (Wildman–Crippen MR) is 70.0 cm³/mol. The molecule has 0 spiro atoms. The van der Waals surface area contributed by atoms with Crippen LogP contribution in [-0.2, 0) is 11.3 Å². The molecule has 0 saturated carbocycles. The number of nitrogens with one attached hydrogen (secondary N) is 1. The Morgan fingerprint density at radius 1 is 1.28 bits per heavy atom. The van der Waals surface area contributed by atoms with Gasteiger partial charge in [-0.3, -0.25) is 5.43 Å². The van der Waals surface area contributed by atoms with Gasteiger partial charge in [-0.2, -0.15) is 0 Å². The minimum Gasteiger partial charge on any atom is -0.465 e. The zero-order chi connectivity index (χ0) is 12.8. The summed E-state index contributed by atoms with van der Waals surface area (Å²) in [5.74, 6) is -0.283. The van der Waals surface area contributed by atoms with Gasteiger partial charge in [-0.1, -0.05) is 18.6 Å². The molecule has 0 radical (unpaired) electrons. The van der Waals surface area contributed by atoms with E-state index < -0.39 is 0 Å². The van der Waals surface area contributed by atoms with Gasteiger partial charge in [0.05, 0.1) is 12.7 Å². The Morgan fingerprint density at radius 2 is 2.06 bits per heavy atom. The maximum Gasteiger partial charge on any atom is 0.337 e. The van der Waals surface area contributed by atoms with Crippen molar-refractivity contribution in [2.45, 2.75) is 25.8 Å². The maximum atomic E-state index is 11.3. The quantitative estimate of drug-likeness (QED) is 0.830. The van der Waals surface area contributed by atoms with Gasteiger partial charge in [0.25, 0.3) is 0 Å². The van der Waals surface area contributed by atoms with E-state index in [0.717, 1.165) is 19.6 Å². The standard InChI is InChI=1S/C14H20N2O2/c1-18-14(17)13-7-5-12(6-8-13)11-16-10-4-2-3-9-15-16/h5-8,15H,2-4,9-11H2,1H3. The van der Waals surface area contributed by atoms with Crippen LogP contribution in [0.5, 0.6) is 0 Å². The van der Waals surface area contributed by atoms with Gasteiger partial charge in [-0.15, -0.1) is 0 Å². The molecular weight excluding hydrogens is 228 g/mol. The lowest BCUT2D eigenvalue weighted by Crippen LogP contribution is -2.36. The molecule has 1 aromatic carbocycles. The van der Waals surface area contributed by atoms with Gasteiger partial charge in [0.1, 0.15) is 0 Å². The highest BCUT2D eigenvalue weighted by Gasteiger charge is 2.09. The van der Waals surface area contributed by atoms with Crippen molar-refractivity contribution in [3.63, 3.8) is 0 Å². The molecule has 0 aliphatic carbocycles. The van der Waals surface area contributed by atoms with Crippen molar-refractivity contribution in [2.24, 2.45) is 0 Å². The van der Waals surface area contributed by atoms with Crippen LogP contribution in [-0.4, -0.2) is 31.2 Å². The number of nitrogens with zero attached hydrogens (tertiary/aromatic N) is 1. The molecule has 1 saturated heterocycles. The average molecular weight is 248 g/mol. The SMILES string of the molecule is COC(=O)c1ccc(CN2CCCCCN2)cc1. The minimum atomic E-state index is -0.283. The van der Waals surface area contributed by atoms with Crippen LogP contribution < -0.4 is 5.43 Å². The third-order valence-electron chi connectivity index (χ3n) is 3.19. The fraction of sp³-hybridized carbons (Fsp3) is 0.500. The first-order valence-corrected chi connectivity index (χ1v) is 6.45. The highest BCUT2D eigenvalue weighted by Crippen LogP contribution is 2.10. The van der Waals surface area contributed by atoms with Crippen molar-refractivity contribution >= 4 is 5.97 Å². The summed E-state index contributed by atoms with van der Waals surface area (Å²) in [6.07, 6.45) is 3.79. The Bertz CT molecular complexity index is 381. The van der Waals surface area contributed by atoms with E-state index in [9.17, 15) is 4.79 Å². The first kappa shape index (κ1) is 13.1. The van der Waals surface area contributed by atoms with Crippen LogP contribution in [0.2, 0.25) is 0 Å². The van der Waals surface area contributed by atoms with E-state index in [-0.39, 0.29) is 5.97 Å². The molecule has 1 aromatic rings. The van der Waals surface area contributed by atoms with Crippen LogP contribution in [0.25, 0.3) is 0 Å². The molecule has 1 fully saturated rings. The van der Waals surface area contributed by atoms with E-state index in [2.05, 4.69) is 15.2 Å². The largest absolute Gasteiger partial charge is 0.465 e. The number of rotatable bonds is 3. The Morgan fingerprint density at radius 3 is 2.78 bits per heavy atom. The highest BCUT2D eigenvalue weighted by molar-refractivity contribution is 5.89. The second-order valence-corrected chi connectivity index (χ2v) is 4.58. The molecule has 98 valence electrons. The predicted octanol–water partition coefficient (Wildman–Crippen LogP) is 1.96.